The largest absolute Gasteiger partial charge is 0.497 e. The van der Waals surface area contributed by atoms with Crippen molar-refractivity contribution in [3.8, 4) is 5.75 Å². The lowest BCUT2D eigenvalue weighted by atomic mass is 10.1. The molecule has 134 valence electrons. The van der Waals surface area contributed by atoms with Crippen LogP contribution >= 0.6 is 11.8 Å². The van der Waals surface area contributed by atoms with Gasteiger partial charge in [0.2, 0.25) is 0 Å². The molecule has 0 atom stereocenters. The van der Waals surface area contributed by atoms with Crippen LogP contribution in [-0.4, -0.2) is 18.2 Å². The van der Waals surface area contributed by atoms with Gasteiger partial charge >= 0.3 is 6.18 Å². The fraction of sp³-hybridized carbons (Fsp3) is 0.111. The molecule has 1 amide bonds. The van der Waals surface area contributed by atoms with E-state index in [2.05, 4.69) is 10.3 Å². The number of benzene rings is 2. The number of carbonyl (C=O) groups is 1. The van der Waals surface area contributed by atoms with Gasteiger partial charge in [-0.3, -0.25) is 4.79 Å². The van der Waals surface area contributed by atoms with Crippen molar-refractivity contribution in [2.45, 2.75) is 6.18 Å². The van der Waals surface area contributed by atoms with E-state index in [9.17, 15) is 18.0 Å². The lowest BCUT2D eigenvalue weighted by molar-refractivity contribution is -0.137. The summed E-state index contributed by atoms with van der Waals surface area (Å²) in [5.74, 6) is 0.765. The van der Waals surface area contributed by atoms with Crippen LogP contribution in [0, 0.1) is 0 Å². The topological polar surface area (TPSA) is 50.7 Å². The van der Waals surface area contributed by atoms with E-state index >= 15 is 0 Å². The maximum absolute atomic E-state index is 13.1. The number of nitrogens with one attached hydrogen (secondary N) is 1. The Kier molecular flexibility index (Phi) is 5.03. The standard InChI is InChI=1S/C18H13F3N2O2S/c1-25-12-8-6-11(7-9-12)10-15-16(23-17(24)26-15)22-14-5-3-2-4-13(14)18(19,20)21/h2-10H,1H3,(H,22,23,24)/b15-10-. The second-order valence-corrected chi connectivity index (χ2v) is 6.29. The first-order valence-electron chi connectivity index (χ1n) is 7.46. The number of nitrogens with zero attached hydrogens (tertiary/aromatic N) is 1. The molecule has 1 heterocycles. The third-order valence-corrected chi connectivity index (χ3v) is 4.33. The molecule has 2 aromatic rings. The van der Waals surface area contributed by atoms with Crippen LogP contribution in [0.2, 0.25) is 0 Å². The van der Waals surface area contributed by atoms with Crippen LogP contribution in [0.5, 0.6) is 5.75 Å². The number of thioether (sulfide) groups is 1. The molecule has 0 saturated carbocycles. The van der Waals surface area contributed by atoms with Crippen LogP contribution in [-0.2, 0) is 6.18 Å². The summed E-state index contributed by atoms with van der Waals surface area (Å²) in [5.41, 5.74) is -0.345. The first kappa shape index (κ1) is 18.1. The summed E-state index contributed by atoms with van der Waals surface area (Å²) in [6, 6.07) is 12.0. The first-order valence-corrected chi connectivity index (χ1v) is 8.28. The monoisotopic (exact) mass is 378 g/mol. The third kappa shape index (κ3) is 4.08. The highest BCUT2D eigenvalue weighted by Crippen LogP contribution is 2.37. The summed E-state index contributed by atoms with van der Waals surface area (Å²) in [6.45, 7) is 0. The number of amides is 1. The Hall–Kier alpha value is -2.74. The van der Waals surface area contributed by atoms with Gasteiger partial charge in [-0.15, -0.1) is 0 Å². The van der Waals surface area contributed by atoms with Crippen LogP contribution in [0.15, 0.2) is 58.4 Å². The quantitative estimate of drug-likeness (QED) is 0.794. The number of hydrogen-bond donors (Lipinski definition) is 1. The molecule has 2 aromatic carbocycles. The third-order valence-electron chi connectivity index (χ3n) is 3.51. The van der Waals surface area contributed by atoms with Gasteiger partial charge in [0, 0.05) is 0 Å². The highest BCUT2D eigenvalue weighted by molar-refractivity contribution is 8.18. The number of methoxy groups -OCH3 is 1. The number of para-hydroxylation sites is 1. The van der Waals surface area contributed by atoms with E-state index in [1.165, 1.54) is 18.2 Å². The normalized spacial score (nSPS) is 17.6. The Balaban J connectivity index is 1.99. The van der Waals surface area contributed by atoms with Crippen LogP contribution in [0.25, 0.3) is 6.08 Å². The van der Waals surface area contributed by atoms with Gasteiger partial charge in [-0.2, -0.15) is 13.2 Å². The van der Waals surface area contributed by atoms with E-state index in [1.807, 2.05) is 0 Å². The van der Waals surface area contributed by atoms with Gasteiger partial charge in [-0.1, -0.05) is 24.3 Å². The molecule has 1 aliphatic rings. The molecule has 8 heteroatoms. The number of alkyl halides is 3. The molecule has 0 aliphatic carbocycles. The van der Waals surface area contributed by atoms with Crippen LogP contribution in [0.4, 0.5) is 23.7 Å². The lowest BCUT2D eigenvalue weighted by Gasteiger charge is -2.10. The molecule has 0 radical (unpaired) electrons. The van der Waals surface area contributed by atoms with Crippen molar-refractivity contribution in [1.29, 1.82) is 0 Å². The second kappa shape index (κ2) is 7.25. The molecule has 3 rings (SSSR count). The molecule has 1 saturated heterocycles. The molecule has 1 N–H and O–H groups in total. The van der Waals surface area contributed by atoms with Crippen LogP contribution < -0.4 is 10.1 Å². The van der Waals surface area contributed by atoms with E-state index in [0.717, 1.165) is 23.4 Å². The van der Waals surface area contributed by atoms with E-state index in [0.29, 0.717) is 10.7 Å². The number of rotatable bonds is 3. The zero-order valence-electron chi connectivity index (χ0n) is 13.5. The predicted molar refractivity (Wildman–Crippen MR) is 95.6 cm³/mol. The molecule has 26 heavy (non-hydrogen) atoms. The summed E-state index contributed by atoms with van der Waals surface area (Å²) in [5, 5.41) is 2.09. The SMILES string of the molecule is COc1ccc(/C=C2\SC(=O)NC2=Nc2ccccc2C(F)(F)F)cc1. The Bertz CT molecular complexity index is 890. The summed E-state index contributed by atoms with van der Waals surface area (Å²) >= 11 is 0.879. The molecule has 0 aromatic heterocycles. The molecule has 0 bridgehead atoms. The second-order valence-electron chi connectivity index (χ2n) is 5.27. The van der Waals surface area contributed by atoms with Crippen molar-refractivity contribution in [3.63, 3.8) is 0 Å². The number of aliphatic imine (C=N–C) groups is 1. The Morgan fingerprint density at radius 3 is 2.46 bits per heavy atom. The summed E-state index contributed by atoms with van der Waals surface area (Å²) in [6.07, 6.45) is -2.85. The number of halogens is 3. The highest BCUT2D eigenvalue weighted by Gasteiger charge is 2.34. The van der Waals surface area contributed by atoms with E-state index in [-0.39, 0.29) is 11.5 Å². The van der Waals surface area contributed by atoms with Gasteiger partial charge in [-0.05, 0) is 47.7 Å². The smallest absolute Gasteiger partial charge is 0.418 e. The van der Waals surface area contributed by atoms with Gasteiger partial charge in [0.05, 0.1) is 23.3 Å². The zero-order valence-corrected chi connectivity index (χ0v) is 14.3. The zero-order chi connectivity index (χ0) is 18.7. The summed E-state index contributed by atoms with van der Waals surface area (Å²) in [7, 11) is 1.55. The summed E-state index contributed by atoms with van der Waals surface area (Å²) < 4.78 is 44.5. The van der Waals surface area contributed by atoms with Gasteiger partial charge in [0.15, 0.2) is 0 Å². The van der Waals surface area contributed by atoms with Crippen molar-refractivity contribution in [3.05, 3.63) is 64.6 Å². The molecule has 0 spiro atoms. The fourth-order valence-electron chi connectivity index (χ4n) is 2.30. The highest BCUT2D eigenvalue weighted by atomic mass is 32.2. The van der Waals surface area contributed by atoms with E-state index in [4.69, 9.17) is 4.74 Å². The van der Waals surface area contributed by atoms with Crippen molar-refractivity contribution < 1.29 is 22.7 Å². The number of hydrogen-bond acceptors (Lipinski definition) is 4. The van der Waals surface area contributed by atoms with Gasteiger partial charge < -0.3 is 10.1 Å². The number of carbonyl (C=O) groups excluding carboxylic acids is 1. The molecule has 1 aliphatic heterocycles. The lowest BCUT2D eigenvalue weighted by Crippen LogP contribution is -2.19. The predicted octanol–water partition coefficient (Wildman–Crippen LogP) is 5.24. The average Bonchev–Trinajstić information content (AvgIpc) is 2.94. The molecule has 0 unspecified atom stereocenters. The molecular formula is C18H13F3N2O2S. The van der Waals surface area contributed by atoms with Crippen molar-refractivity contribution in [2.75, 3.05) is 7.11 Å². The molecule has 4 nitrogen and oxygen atoms in total. The van der Waals surface area contributed by atoms with Crippen molar-refractivity contribution in [2.24, 2.45) is 4.99 Å². The maximum atomic E-state index is 13.1. The Morgan fingerprint density at radius 2 is 1.81 bits per heavy atom. The molecule has 1 fully saturated rings. The minimum Gasteiger partial charge on any atom is -0.497 e. The van der Waals surface area contributed by atoms with Crippen LogP contribution in [0.3, 0.4) is 0 Å². The Labute approximate surface area is 151 Å². The van der Waals surface area contributed by atoms with Gasteiger partial charge in [0.25, 0.3) is 5.24 Å². The minimum absolute atomic E-state index is 0.0903. The fourth-order valence-corrected chi connectivity index (χ4v) is 3.03. The van der Waals surface area contributed by atoms with E-state index < -0.39 is 17.0 Å². The first-order chi connectivity index (χ1) is 12.4. The number of ether oxygens (including phenoxy) is 1. The Morgan fingerprint density at radius 1 is 1.12 bits per heavy atom. The maximum Gasteiger partial charge on any atom is 0.418 e. The average molecular weight is 378 g/mol. The van der Waals surface area contributed by atoms with Gasteiger partial charge in [0.1, 0.15) is 11.6 Å². The van der Waals surface area contributed by atoms with Crippen molar-refractivity contribution >= 4 is 34.6 Å². The van der Waals surface area contributed by atoms with Crippen molar-refractivity contribution in [1.82, 2.24) is 5.32 Å². The van der Waals surface area contributed by atoms with Gasteiger partial charge in [-0.25, -0.2) is 4.99 Å². The number of amidine groups is 1. The minimum atomic E-state index is -4.53. The van der Waals surface area contributed by atoms with Crippen LogP contribution in [0.1, 0.15) is 11.1 Å². The van der Waals surface area contributed by atoms with E-state index in [1.54, 1.807) is 37.5 Å². The molecular weight excluding hydrogens is 365 g/mol. The summed E-state index contributed by atoms with van der Waals surface area (Å²) in [4.78, 5) is 16.2.